The number of ether oxygens (including phenoxy) is 1. The Balaban J connectivity index is 2.16. The number of aryl methyl sites for hydroxylation is 1. The Morgan fingerprint density at radius 3 is 2.93 bits per heavy atom. The molecular formula is C11H12BrNO2. The fourth-order valence-corrected chi connectivity index (χ4v) is 1.91. The molecule has 2 rings (SSSR count). The van der Waals surface area contributed by atoms with Crippen LogP contribution in [-0.4, -0.2) is 19.1 Å². The minimum absolute atomic E-state index is 0.0281. The summed E-state index contributed by atoms with van der Waals surface area (Å²) in [4.78, 5) is 10.9. The van der Waals surface area contributed by atoms with E-state index >= 15 is 0 Å². The zero-order chi connectivity index (χ0) is 10.8. The van der Waals surface area contributed by atoms with Crippen molar-refractivity contribution in [2.24, 2.45) is 0 Å². The van der Waals surface area contributed by atoms with E-state index in [0.29, 0.717) is 6.54 Å². The predicted molar refractivity (Wildman–Crippen MR) is 60.6 cm³/mol. The fourth-order valence-electron chi connectivity index (χ4n) is 1.52. The molecule has 1 heterocycles. The van der Waals surface area contributed by atoms with Crippen LogP contribution in [0.5, 0.6) is 0 Å². The molecule has 1 atom stereocenters. The SMILES string of the molecule is Cc1ccc([C@H]2CNC(=O)CO2)cc1Br. The Morgan fingerprint density at radius 1 is 1.53 bits per heavy atom. The van der Waals surface area contributed by atoms with Crippen molar-refractivity contribution >= 4 is 21.8 Å². The van der Waals surface area contributed by atoms with E-state index in [2.05, 4.69) is 21.2 Å². The van der Waals surface area contributed by atoms with Crippen LogP contribution in [0.4, 0.5) is 0 Å². The highest BCUT2D eigenvalue weighted by atomic mass is 79.9. The molecule has 1 amide bonds. The molecule has 1 aliphatic heterocycles. The van der Waals surface area contributed by atoms with Crippen LogP contribution in [0.1, 0.15) is 17.2 Å². The van der Waals surface area contributed by atoms with Gasteiger partial charge in [0.1, 0.15) is 12.7 Å². The summed E-state index contributed by atoms with van der Waals surface area (Å²) < 4.78 is 6.51. The van der Waals surface area contributed by atoms with Gasteiger partial charge in [0.15, 0.2) is 0 Å². The first-order valence-electron chi connectivity index (χ1n) is 4.81. The Kier molecular flexibility index (Phi) is 3.07. The summed E-state index contributed by atoms with van der Waals surface area (Å²) in [6, 6.07) is 6.11. The summed E-state index contributed by atoms with van der Waals surface area (Å²) in [5.41, 5.74) is 2.28. The minimum Gasteiger partial charge on any atom is -0.362 e. The van der Waals surface area contributed by atoms with E-state index in [4.69, 9.17) is 4.74 Å². The van der Waals surface area contributed by atoms with Crippen molar-refractivity contribution in [3.8, 4) is 0 Å². The maximum atomic E-state index is 10.9. The highest BCUT2D eigenvalue weighted by Gasteiger charge is 2.20. The zero-order valence-corrected chi connectivity index (χ0v) is 10.0. The van der Waals surface area contributed by atoms with Gasteiger partial charge < -0.3 is 10.1 Å². The van der Waals surface area contributed by atoms with Crippen LogP contribution in [0.15, 0.2) is 22.7 Å². The van der Waals surface area contributed by atoms with Crippen molar-refractivity contribution in [3.05, 3.63) is 33.8 Å². The van der Waals surface area contributed by atoms with E-state index in [1.807, 2.05) is 25.1 Å². The lowest BCUT2D eigenvalue weighted by Crippen LogP contribution is -2.38. The van der Waals surface area contributed by atoms with Gasteiger partial charge in [-0.25, -0.2) is 0 Å². The molecule has 0 bridgehead atoms. The second-order valence-corrected chi connectivity index (χ2v) is 4.47. The molecule has 0 saturated carbocycles. The van der Waals surface area contributed by atoms with Crippen molar-refractivity contribution in [1.82, 2.24) is 5.32 Å². The van der Waals surface area contributed by atoms with Crippen LogP contribution >= 0.6 is 15.9 Å². The van der Waals surface area contributed by atoms with E-state index in [1.165, 1.54) is 5.56 Å². The minimum atomic E-state index is -0.0440. The van der Waals surface area contributed by atoms with Crippen LogP contribution in [0.2, 0.25) is 0 Å². The Labute approximate surface area is 96.9 Å². The summed E-state index contributed by atoms with van der Waals surface area (Å²) in [7, 11) is 0. The highest BCUT2D eigenvalue weighted by Crippen LogP contribution is 2.24. The molecule has 0 radical (unpaired) electrons. The lowest BCUT2D eigenvalue weighted by atomic mass is 10.1. The molecule has 1 aromatic carbocycles. The zero-order valence-electron chi connectivity index (χ0n) is 8.42. The molecule has 1 fully saturated rings. The maximum Gasteiger partial charge on any atom is 0.246 e. The van der Waals surface area contributed by atoms with Crippen LogP contribution in [0, 0.1) is 6.92 Å². The average molecular weight is 270 g/mol. The third-order valence-electron chi connectivity index (χ3n) is 2.47. The first kappa shape index (κ1) is 10.6. The number of hydrogen-bond acceptors (Lipinski definition) is 2. The summed E-state index contributed by atoms with van der Waals surface area (Å²) in [6.45, 7) is 2.74. The Morgan fingerprint density at radius 2 is 2.33 bits per heavy atom. The second-order valence-electron chi connectivity index (χ2n) is 3.61. The Hall–Kier alpha value is -0.870. The van der Waals surface area contributed by atoms with Gasteiger partial charge in [-0.2, -0.15) is 0 Å². The summed E-state index contributed by atoms with van der Waals surface area (Å²) in [5.74, 6) is -0.0440. The van der Waals surface area contributed by atoms with Gasteiger partial charge in [-0.05, 0) is 24.1 Å². The van der Waals surface area contributed by atoms with Crippen molar-refractivity contribution in [3.63, 3.8) is 0 Å². The normalized spacial score (nSPS) is 21.2. The molecule has 0 aromatic heterocycles. The van der Waals surface area contributed by atoms with Gasteiger partial charge >= 0.3 is 0 Å². The molecule has 4 heteroatoms. The maximum absolute atomic E-state index is 10.9. The summed E-state index contributed by atoms with van der Waals surface area (Å²) in [6.07, 6.45) is -0.0281. The predicted octanol–water partition coefficient (Wildman–Crippen LogP) is 1.95. The fraction of sp³-hybridized carbons (Fsp3) is 0.364. The number of morpholine rings is 1. The number of carbonyl (C=O) groups is 1. The lowest BCUT2D eigenvalue weighted by Gasteiger charge is -2.23. The van der Waals surface area contributed by atoms with E-state index in [1.54, 1.807) is 0 Å². The molecule has 0 unspecified atom stereocenters. The molecule has 0 spiro atoms. The van der Waals surface area contributed by atoms with Gasteiger partial charge in [-0.1, -0.05) is 28.1 Å². The number of carbonyl (C=O) groups excluding carboxylic acids is 1. The van der Waals surface area contributed by atoms with Gasteiger partial charge in [0.2, 0.25) is 5.91 Å². The van der Waals surface area contributed by atoms with Crippen LogP contribution < -0.4 is 5.32 Å². The van der Waals surface area contributed by atoms with Crippen molar-refractivity contribution in [2.45, 2.75) is 13.0 Å². The number of nitrogens with one attached hydrogen (secondary N) is 1. The quantitative estimate of drug-likeness (QED) is 0.847. The first-order chi connectivity index (χ1) is 7.16. The number of hydrogen-bond donors (Lipinski definition) is 1. The number of halogens is 1. The molecule has 3 nitrogen and oxygen atoms in total. The number of benzene rings is 1. The smallest absolute Gasteiger partial charge is 0.246 e. The first-order valence-corrected chi connectivity index (χ1v) is 5.60. The van der Waals surface area contributed by atoms with Crippen LogP contribution in [-0.2, 0) is 9.53 Å². The van der Waals surface area contributed by atoms with E-state index in [0.717, 1.165) is 10.0 Å². The molecule has 0 aliphatic carbocycles. The molecule has 80 valence electrons. The monoisotopic (exact) mass is 269 g/mol. The molecule has 1 aliphatic rings. The third kappa shape index (κ3) is 2.38. The average Bonchev–Trinajstić information content (AvgIpc) is 2.23. The van der Waals surface area contributed by atoms with Gasteiger partial charge in [0.05, 0.1) is 0 Å². The largest absolute Gasteiger partial charge is 0.362 e. The van der Waals surface area contributed by atoms with Gasteiger partial charge in [-0.3, -0.25) is 4.79 Å². The van der Waals surface area contributed by atoms with Gasteiger partial charge in [0, 0.05) is 11.0 Å². The molecular weight excluding hydrogens is 258 g/mol. The Bertz CT molecular complexity index is 382. The van der Waals surface area contributed by atoms with Crippen molar-refractivity contribution in [1.29, 1.82) is 0 Å². The van der Waals surface area contributed by atoms with E-state index < -0.39 is 0 Å². The van der Waals surface area contributed by atoms with Gasteiger partial charge in [-0.15, -0.1) is 0 Å². The van der Waals surface area contributed by atoms with Crippen molar-refractivity contribution in [2.75, 3.05) is 13.2 Å². The molecule has 15 heavy (non-hydrogen) atoms. The van der Waals surface area contributed by atoms with Crippen LogP contribution in [0.25, 0.3) is 0 Å². The van der Waals surface area contributed by atoms with Crippen LogP contribution in [0.3, 0.4) is 0 Å². The standard InChI is InChI=1S/C11H12BrNO2/c1-7-2-3-8(4-9(7)12)10-5-13-11(14)6-15-10/h2-4,10H,5-6H2,1H3,(H,13,14)/t10-/m1/s1. The van der Waals surface area contributed by atoms with Gasteiger partial charge in [0.25, 0.3) is 0 Å². The molecule has 1 N–H and O–H groups in total. The molecule has 1 aromatic rings. The third-order valence-corrected chi connectivity index (χ3v) is 3.32. The number of amides is 1. The van der Waals surface area contributed by atoms with Crippen molar-refractivity contribution < 1.29 is 9.53 Å². The topological polar surface area (TPSA) is 38.3 Å². The number of rotatable bonds is 1. The lowest BCUT2D eigenvalue weighted by molar-refractivity contribution is -0.133. The second kappa shape index (κ2) is 4.33. The highest BCUT2D eigenvalue weighted by molar-refractivity contribution is 9.10. The summed E-state index contributed by atoms with van der Waals surface area (Å²) in [5, 5.41) is 2.79. The van der Waals surface area contributed by atoms with E-state index in [9.17, 15) is 4.79 Å². The molecule has 1 saturated heterocycles. The summed E-state index contributed by atoms with van der Waals surface area (Å²) >= 11 is 3.48. The van der Waals surface area contributed by atoms with E-state index in [-0.39, 0.29) is 18.6 Å².